The molecule has 1 saturated carbocycles. The van der Waals surface area contributed by atoms with E-state index in [4.69, 9.17) is 4.65 Å². The molecular formula is C23H37BO3. The molecule has 27 heavy (non-hydrogen) atoms. The summed E-state index contributed by atoms with van der Waals surface area (Å²) in [5.41, 5.74) is -0.456. The fraction of sp³-hybridized carbons (Fsp3) is 0.652. The van der Waals surface area contributed by atoms with Gasteiger partial charge in [-0.25, -0.2) is 0 Å². The first-order chi connectivity index (χ1) is 12.6. The summed E-state index contributed by atoms with van der Waals surface area (Å²) in [4.78, 5) is 0. The lowest BCUT2D eigenvalue weighted by molar-refractivity contribution is -0.0895. The standard InChI is InChI=1S/C23H37BO3/c1-6-7-9-14-20(17-24-27-22(4,5)21(2,3)25)23(26,19-15-16-19)18-12-10-8-11-13-18/h8,10-13,17,19,24-26H,6-7,9,14-16H2,1-5H3/b20-17+. The highest BCUT2D eigenvalue weighted by Crippen LogP contribution is 2.51. The van der Waals surface area contributed by atoms with Crippen molar-refractivity contribution in [2.45, 2.75) is 89.9 Å². The summed E-state index contributed by atoms with van der Waals surface area (Å²) in [5, 5.41) is 22.1. The van der Waals surface area contributed by atoms with Crippen molar-refractivity contribution in [2.75, 3.05) is 0 Å². The largest absolute Gasteiger partial charge is 0.427 e. The maximum absolute atomic E-state index is 11.8. The summed E-state index contributed by atoms with van der Waals surface area (Å²) in [6.45, 7) is 9.54. The SMILES string of the molecule is CCCCC/C(=C\BOC(C)(C)C(C)(C)O)C(O)(c1ccccc1)C1CC1. The Hall–Kier alpha value is -1.10. The molecule has 0 saturated heterocycles. The molecular weight excluding hydrogens is 335 g/mol. The number of benzene rings is 1. The molecule has 1 atom stereocenters. The van der Waals surface area contributed by atoms with E-state index in [2.05, 4.69) is 12.9 Å². The smallest absolute Gasteiger partial charge is 0.302 e. The van der Waals surface area contributed by atoms with Crippen LogP contribution in [0.4, 0.5) is 0 Å². The van der Waals surface area contributed by atoms with E-state index < -0.39 is 16.8 Å². The third-order valence-electron chi connectivity index (χ3n) is 6.17. The lowest BCUT2D eigenvalue weighted by Gasteiger charge is -2.38. The van der Waals surface area contributed by atoms with Gasteiger partial charge in [-0.3, -0.25) is 0 Å². The van der Waals surface area contributed by atoms with Crippen LogP contribution in [0.5, 0.6) is 0 Å². The fourth-order valence-electron chi connectivity index (χ4n) is 3.42. The number of hydrogen-bond donors (Lipinski definition) is 2. The van der Waals surface area contributed by atoms with Gasteiger partial charge >= 0.3 is 7.48 Å². The van der Waals surface area contributed by atoms with Gasteiger partial charge in [-0.2, -0.15) is 0 Å². The third-order valence-corrected chi connectivity index (χ3v) is 6.17. The Labute approximate surface area is 166 Å². The zero-order valence-electron chi connectivity index (χ0n) is 17.8. The first-order valence-corrected chi connectivity index (χ1v) is 10.5. The van der Waals surface area contributed by atoms with Crippen molar-refractivity contribution in [1.82, 2.24) is 0 Å². The van der Waals surface area contributed by atoms with Gasteiger partial charge in [-0.15, -0.1) is 0 Å². The van der Waals surface area contributed by atoms with Gasteiger partial charge in [0, 0.05) is 0 Å². The molecule has 0 heterocycles. The fourth-order valence-corrected chi connectivity index (χ4v) is 3.42. The number of unbranched alkanes of at least 4 members (excludes halogenated alkanes) is 2. The van der Waals surface area contributed by atoms with E-state index in [1.54, 1.807) is 13.8 Å². The average Bonchev–Trinajstić information content (AvgIpc) is 3.45. The van der Waals surface area contributed by atoms with Gasteiger partial charge in [0.15, 0.2) is 0 Å². The summed E-state index contributed by atoms with van der Waals surface area (Å²) in [6, 6.07) is 10.1. The Bertz CT molecular complexity index is 614. The summed E-state index contributed by atoms with van der Waals surface area (Å²) < 4.78 is 6.02. The summed E-state index contributed by atoms with van der Waals surface area (Å²) in [6.07, 6.45) is 6.38. The molecule has 1 aliphatic rings. The van der Waals surface area contributed by atoms with E-state index in [9.17, 15) is 10.2 Å². The monoisotopic (exact) mass is 372 g/mol. The van der Waals surface area contributed by atoms with Crippen LogP contribution in [0.1, 0.15) is 78.7 Å². The van der Waals surface area contributed by atoms with E-state index in [-0.39, 0.29) is 5.92 Å². The second kappa shape index (κ2) is 8.94. The van der Waals surface area contributed by atoms with Crippen molar-refractivity contribution >= 4 is 7.48 Å². The normalized spacial score (nSPS) is 18.3. The number of hydrogen-bond acceptors (Lipinski definition) is 3. The van der Waals surface area contributed by atoms with E-state index in [1.807, 2.05) is 44.2 Å². The van der Waals surface area contributed by atoms with Crippen molar-refractivity contribution in [3.63, 3.8) is 0 Å². The van der Waals surface area contributed by atoms with E-state index >= 15 is 0 Å². The van der Waals surface area contributed by atoms with Gasteiger partial charge in [0.1, 0.15) is 5.60 Å². The average molecular weight is 372 g/mol. The minimum absolute atomic E-state index is 0.287. The maximum atomic E-state index is 11.8. The van der Waals surface area contributed by atoms with Crippen molar-refractivity contribution in [1.29, 1.82) is 0 Å². The molecule has 0 aromatic heterocycles. The molecule has 1 aliphatic carbocycles. The lowest BCUT2D eigenvalue weighted by Crippen LogP contribution is -2.48. The minimum atomic E-state index is -0.935. The number of aliphatic hydroxyl groups is 2. The molecule has 1 aromatic carbocycles. The highest BCUT2D eigenvalue weighted by molar-refractivity contribution is 6.34. The second-order valence-corrected chi connectivity index (χ2v) is 8.97. The molecule has 4 heteroatoms. The second-order valence-electron chi connectivity index (χ2n) is 8.97. The van der Waals surface area contributed by atoms with E-state index in [0.29, 0.717) is 7.48 Å². The van der Waals surface area contributed by atoms with Crippen molar-refractivity contribution in [3.8, 4) is 0 Å². The van der Waals surface area contributed by atoms with Crippen LogP contribution < -0.4 is 0 Å². The zero-order chi connectivity index (χ0) is 20.1. The molecule has 0 aliphatic heterocycles. The van der Waals surface area contributed by atoms with Gasteiger partial charge < -0.3 is 14.9 Å². The third kappa shape index (κ3) is 5.46. The molecule has 1 unspecified atom stereocenters. The highest BCUT2D eigenvalue weighted by atomic mass is 16.5. The van der Waals surface area contributed by atoms with E-state index in [0.717, 1.165) is 49.7 Å². The van der Waals surface area contributed by atoms with Crippen LogP contribution in [0, 0.1) is 5.92 Å². The quantitative estimate of drug-likeness (QED) is 0.439. The first kappa shape index (κ1) is 22.2. The predicted octanol–water partition coefficient (Wildman–Crippen LogP) is 4.67. The van der Waals surface area contributed by atoms with Crippen molar-refractivity contribution in [2.24, 2.45) is 5.92 Å². The summed E-state index contributed by atoms with van der Waals surface area (Å²) in [7, 11) is 0.389. The molecule has 2 N–H and O–H groups in total. The molecule has 2 rings (SSSR count). The maximum Gasteiger partial charge on any atom is 0.302 e. The lowest BCUT2D eigenvalue weighted by atomic mass is 9.75. The van der Waals surface area contributed by atoms with Crippen molar-refractivity contribution < 1.29 is 14.9 Å². The highest BCUT2D eigenvalue weighted by Gasteiger charge is 2.47. The molecule has 0 spiro atoms. The van der Waals surface area contributed by atoms with Crippen LogP contribution >= 0.6 is 0 Å². The van der Waals surface area contributed by atoms with Crippen LogP contribution in [0.3, 0.4) is 0 Å². The molecule has 0 radical (unpaired) electrons. The Balaban J connectivity index is 2.26. The molecule has 1 aromatic rings. The zero-order valence-corrected chi connectivity index (χ0v) is 17.8. The Morgan fingerprint density at radius 1 is 1.11 bits per heavy atom. The molecule has 1 fully saturated rings. The Morgan fingerprint density at radius 2 is 1.74 bits per heavy atom. The van der Waals surface area contributed by atoms with Crippen LogP contribution in [0.15, 0.2) is 41.9 Å². The molecule has 0 bridgehead atoms. The minimum Gasteiger partial charge on any atom is -0.427 e. The van der Waals surface area contributed by atoms with Crippen LogP contribution in [0.2, 0.25) is 0 Å². The molecule has 150 valence electrons. The van der Waals surface area contributed by atoms with Crippen molar-refractivity contribution in [3.05, 3.63) is 47.4 Å². The number of rotatable bonds is 11. The van der Waals surface area contributed by atoms with E-state index in [1.165, 1.54) is 0 Å². The first-order valence-electron chi connectivity index (χ1n) is 10.5. The summed E-state index contributed by atoms with van der Waals surface area (Å²) in [5.74, 6) is 2.35. The van der Waals surface area contributed by atoms with Gasteiger partial charge in [0.2, 0.25) is 0 Å². The van der Waals surface area contributed by atoms with Gasteiger partial charge in [0.05, 0.1) is 11.2 Å². The molecule has 0 amide bonds. The summed E-state index contributed by atoms with van der Waals surface area (Å²) >= 11 is 0. The van der Waals surface area contributed by atoms with Gasteiger partial charge in [0.25, 0.3) is 0 Å². The molecule has 3 nitrogen and oxygen atoms in total. The Morgan fingerprint density at radius 3 is 2.26 bits per heavy atom. The Kier molecular flexibility index (Phi) is 7.35. The van der Waals surface area contributed by atoms with Crippen LogP contribution in [0.25, 0.3) is 0 Å². The predicted molar refractivity (Wildman–Crippen MR) is 114 cm³/mol. The van der Waals surface area contributed by atoms with Gasteiger partial charge in [-0.1, -0.05) is 56.1 Å². The van der Waals surface area contributed by atoms with Gasteiger partial charge in [-0.05, 0) is 70.4 Å². The topological polar surface area (TPSA) is 49.7 Å². The van der Waals surface area contributed by atoms with Crippen LogP contribution in [-0.4, -0.2) is 28.9 Å². The van der Waals surface area contributed by atoms with Crippen LogP contribution in [-0.2, 0) is 10.3 Å².